The number of rotatable bonds is 5. The Morgan fingerprint density at radius 3 is 2.54 bits per heavy atom. The first kappa shape index (κ1) is 12.2. The number of carbonyl (C=O) groups excluding carboxylic acids is 1. The summed E-state index contributed by atoms with van der Waals surface area (Å²) >= 11 is 0. The third-order valence-electron chi connectivity index (χ3n) is 1.86. The molecule has 0 rings (SSSR count). The van der Waals surface area contributed by atoms with E-state index in [0.29, 0.717) is 0 Å². The van der Waals surface area contributed by atoms with Crippen molar-refractivity contribution in [2.24, 2.45) is 0 Å². The van der Waals surface area contributed by atoms with Gasteiger partial charge >= 0.3 is 0 Å². The highest BCUT2D eigenvalue weighted by Gasteiger charge is 2.00. The van der Waals surface area contributed by atoms with Gasteiger partial charge in [-0.1, -0.05) is 6.08 Å². The van der Waals surface area contributed by atoms with E-state index in [4.69, 9.17) is 0 Å². The second-order valence-corrected chi connectivity index (χ2v) is 3.38. The van der Waals surface area contributed by atoms with Crippen LogP contribution in [0, 0.1) is 0 Å². The molecule has 0 aromatic heterocycles. The lowest BCUT2D eigenvalue weighted by Gasteiger charge is -2.09. The topological polar surface area (TPSA) is 32.3 Å². The van der Waals surface area contributed by atoms with E-state index in [9.17, 15) is 4.79 Å². The molecule has 0 aliphatic heterocycles. The molecular formula is C10H20N2O. The van der Waals surface area contributed by atoms with Crippen molar-refractivity contribution in [2.75, 3.05) is 27.2 Å². The predicted molar refractivity (Wildman–Crippen MR) is 55.6 cm³/mol. The van der Waals surface area contributed by atoms with Gasteiger partial charge in [-0.15, -0.1) is 0 Å². The molecule has 76 valence electrons. The lowest BCUT2D eigenvalue weighted by molar-refractivity contribution is -0.117. The van der Waals surface area contributed by atoms with Gasteiger partial charge in [-0.2, -0.15) is 0 Å². The molecule has 3 nitrogen and oxygen atoms in total. The highest BCUT2D eigenvalue weighted by molar-refractivity contribution is 5.92. The Hall–Kier alpha value is -0.830. The molecule has 0 atom stereocenters. The largest absolute Gasteiger partial charge is 0.352 e. The van der Waals surface area contributed by atoms with Gasteiger partial charge in [0.15, 0.2) is 0 Å². The van der Waals surface area contributed by atoms with Crippen LogP contribution in [0.15, 0.2) is 11.6 Å². The van der Waals surface area contributed by atoms with Crippen LogP contribution < -0.4 is 5.32 Å². The fourth-order valence-corrected chi connectivity index (χ4v) is 0.868. The zero-order chi connectivity index (χ0) is 10.3. The highest BCUT2D eigenvalue weighted by Crippen LogP contribution is 1.90. The smallest absolute Gasteiger partial charge is 0.246 e. The summed E-state index contributed by atoms with van der Waals surface area (Å²) in [6.45, 7) is 5.45. The Bertz CT molecular complexity index is 185. The van der Waals surface area contributed by atoms with Crippen LogP contribution in [0.1, 0.15) is 20.3 Å². The normalized spacial score (nSPS) is 11.9. The molecule has 0 fully saturated rings. The summed E-state index contributed by atoms with van der Waals surface area (Å²) in [5.74, 6) is 0.0428. The third kappa shape index (κ3) is 6.34. The van der Waals surface area contributed by atoms with E-state index >= 15 is 0 Å². The molecule has 0 aromatic rings. The SMILES string of the molecule is CC=C(C)C(=O)NCCCN(C)C. The van der Waals surface area contributed by atoms with Crippen molar-refractivity contribution >= 4 is 5.91 Å². The zero-order valence-electron chi connectivity index (χ0n) is 9.05. The molecule has 0 bridgehead atoms. The summed E-state index contributed by atoms with van der Waals surface area (Å²) in [6, 6.07) is 0. The maximum Gasteiger partial charge on any atom is 0.246 e. The molecule has 0 aliphatic rings. The number of hydrogen-bond donors (Lipinski definition) is 1. The van der Waals surface area contributed by atoms with Crippen LogP contribution in [0.25, 0.3) is 0 Å². The number of nitrogens with zero attached hydrogens (tertiary/aromatic N) is 1. The molecule has 0 saturated heterocycles. The van der Waals surface area contributed by atoms with Gasteiger partial charge in [0.05, 0.1) is 0 Å². The summed E-state index contributed by atoms with van der Waals surface area (Å²) < 4.78 is 0. The average molecular weight is 184 g/mol. The number of hydrogen-bond acceptors (Lipinski definition) is 2. The minimum atomic E-state index is 0.0428. The maximum absolute atomic E-state index is 11.2. The Labute approximate surface area is 80.8 Å². The van der Waals surface area contributed by atoms with E-state index in [0.717, 1.165) is 25.1 Å². The van der Waals surface area contributed by atoms with Gasteiger partial charge in [0.1, 0.15) is 0 Å². The van der Waals surface area contributed by atoms with Gasteiger partial charge < -0.3 is 10.2 Å². The predicted octanol–water partition coefficient (Wildman–Crippen LogP) is 1.02. The summed E-state index contributed by atoms with van der Waals surface area (Å²) in [5, 5.41) is 2.85. The molecule has 3 heteroatoms. The first-order chi connectivity index (χ1) is 6.07. The van der Waals surface area contributed by atoms with Crippen LogP contribution in [0.3, 0.4) is 0 Å². The maximum atomic E-state index is 11.2. The molecule has 0 unspecified atom stereocenters. The van der Waals surface area contributed by atoms with Gasteiger partial charge in [-0.25, -0.2) is 0 Å². The van der Waals surface area contributed by atoms with Gasteiger partial charge in [-0.05, 0) is 40.9 Å². The first-order valence-electron chi connectivity index (χ1n) is 4.63. The fraction of sp³-hybridized carbons (Fsp3) is 0.700. The van der Waals surface area contributed by atoms with Gasteiger partial charge in [-0.3, -0.25) is 4.79 Å². The molecule has 0 aromatic carbocycles. The van der Waals surface area contributed by atoms with Crippen molar-refractivity contribution in [1.82, 2.24) is 10.2 Å². The van der Waals surface area contributed by atoms with Crippen LogP contribution in [-0.4, -0.2) is 38.0 Å². The van der Waals surface area contributed by atoms with Gasteiger partial charge in [0.25, 0.3) is 0 Å². The van der Waals surface area contributed by atoms with Crippen LogP contribution in [0.4, 0.5) is 0 Å². The summed E-state index contributed by atoms with van der Waals surface area (Å²) in [5.41, 5.74) is 0.782. The van der Waals surface area contributed by atoms with Crippen molar-refractivity contribution in [3.63, 3.8) is 0 Å². The fourth-order valence-electron chi connectivity index (χ4n) is 0.868. The highest BCUT2D eigenvalue weighted by atomic mass is 16.1. The quantitative estimate of drug-likeness (QED) is 0.511. The number of allylic oxidation sites excluding steroid dienone is 1. The minimum Gasteiger partial charge on any atom is -0.352 e. The summed E-state index contributed by atoms with van der Waals surface area (Å²) in [7, 11) is 4.05. The monoisotopic (exact) mass is 184 g/mol. The molecule has 1 N–H and O–H groups in total. The zero-order valence-corrected chi connectivity index (χ0v) is 9.05. The number of carbonyl (C=O) groups is 1. The number of amides is 1. The second kappa shape index (κ2) is 6.66. The van der Waals surface area contributed by atoms with E-state index in [-0.39, 0.29) is 5.91 Å². The van der Waals surface area contributed by atoms with Crippen LogP contribution in [0.5, 0.6) is 0 Å². The van der Waals surface area contributed by atoms with Crippen molar-refractivity contribution in [3.05, 3.63) is 11.6 Å². The molecular weight excluding hydrogens is 164 g/mol. The van der Waals surface area contributed by atoms with Crippen LogP contribution >= 0.6 is 0 Å². The van der Waals surface area contributed by atoms with Gasteiger partial charge in [0, 0.05) is 12.1 Å². The van der Waals surface area contributed by atoms with Crippen LogP contribution in [-0.2, 0) is 4.79 Å². The Kier molecular flexibility index (Phi) is 6.24. The van der Waals surface area contributed by atoms with Crippen molar-refractivity contribution in [3.8, 4) is 0 Å². The summed E-state index contributed by atoms with van der Waals surface area (Å²) in [4.78, 5) is 13.3. The van der Waals surface area contributed by atoms with E-state index in [2.05, 4.69) is 10.2 Å². The third-order valence-corrected chi connectivity index (χ3v) is 1.86. The average Bonchev–Trinajstić information content (AvgIpc) is 2.10. The van der Waals surface area contributed by atoms with Crippen molar-refractivity contribution < 1.29 is 4.79 Å². The lowest BCUT2D eigenvalue weighted by atomic mass is 10.2. The summed E-state index contributed by atoms with van der Waals surface area (Å²) in [6.07, 6.45) is 2.82. The van der Waals surface area contributed by atoms with Crippen molar-refractivity contribution in [2.45, 2.75) is 20.3 Å². The van der Waals surface area contributed by atoms with Gasteiger partial charge in [0.2, 0.25) is 5.91 Å². The van der Waals surface area contributed by atoms with Crippen molar-refractivity contribution in [1.29, 1.82) is 0 Å². The Morgan fingerprint density at radius 2 is 2.08 bits per heavy atom. The van der Waals surface area contributed by atoms with E-state index in [1.807, 2.05) is 34.0 Å². The Morgan fingerprint density at radius 1 is 1.46 bits per heavy atom. The molecule has 1 amide bonds. The molecule has 0 aliphatic carbocycles. The number of nitrogens with one attached hydrogen (secondary N) is 1. The lowest BCUT2D eigenvalue weighted by Crippen LogP contribution is -2.27. The first-order valence-corrected chi connectivity index (χ1v) is 4.63. The van der Waals surface area contributed by atoms with Crippen LogP contribution in [0.2, 0.25) is 0 Å². The minimum absolute atomic E-state index is 0.0428. The molecule has 13 heavy (non-hydrogen) atoms. The Balaban J connectivity index is 3.49. The molecule has 0 radical (unpaired) electrons. The second-order valence-electron chi connectivity index (χ2n) is 3.38. The standard InChI is InChI=1S/C10H20N2O/c1-5-9(2)10(13)11-7-6-8-12(3)4/h5H,6-8H2,1-4H3,(H,11,13). The molecule has 0 heterocycles. The van der Waals surface area contributed by atoms with E-state index < -0.39 is 0 Å². The van der Waals surface area contributed by atoms with E-state index in [1.54, 1.807) is 0 Å². The molecule has 0 spiro atoms. The van der Waals surface area contributed by atoms with E-state index in [1.165, 1.54) is 0 Å². The molecule has 0 saturated carbocycles.